The van der Waals surface area contributed by atoms with E-state index in [-0.39, 0.29) is 11.4 Å². The summed E-state index contributed by atoms with van der Waals surface area (Å²) in [4.78, 5) is 3.23. The van der Waals surface area contributed by atoms with Gasteiger partial charge in [0.05, 0.1) is 10.9 Å². The number of hydrogen-bond acceptors (Lipinski definition) is 2. The van der Waals surface area contributed by atoms with Crippen molar-refractivity contribution in [3.8, 4) is 11.8 Å². The van der Waals surface area contributed by atoms with Gasteiger partial charge in [0, 0.05) is 0 Å². The van der Waals surface area contributed by atoms with Crippen molar-refractivity contribution in [2.24, 2.45) is 0 Å². The monoisotopic (exact) mass is 278 g/mol. The number of anilines is 1. The van der Waals surface area contributed by atoms with Gasteiger partial charge < -0.3 is 5.73 Å². The predicted octanol–water partition coefficient (Wildman–Crippen LogP) is 2.43. The van der Waals surface area contributed by atoms with Crippen LogP contribution < -0.4 is 5.73 Å². The normalized spacial score (nSPS) is 10.7. The zero-order valence-electron chi connectivity index (χ0n) is 7.40. The summed E-state index contributed by atoms with van der Waals surface area (Å²) in [5, 5.41) is 0.300. The van der Waals surface area contributed by atoms with Gasteiger partial charge in [-0.3, -0.25) is 0 Å². The third-order valence-electron chi connectivity index (χ3n) is 1.48. The maximum atomic E-state index is 12.5. The maximum Gasteiger partial charge on any atom is 0.434 e. The number of nitrogen functional groups attached to an aromatic ring is 1. The van der Waals surface area contributed by atoms with Crippen molar-refractivity contribution in [2.75, 3.05) is 11.1 Å². The Morgan fingerprint density at radius 1 is 1.40 bits per heavy atom. The minimum Gasteiger partial charge on any atom is -0.384 e. The number of pyridine rings is 1. The number of nitrogens with two attached hydrogens (primary N) is 1. The first-order chi connectivity index (χ1) is 6.95. The van der Waals surface area contributed by atoms with Crippen LogP contribution in [0.5, 0.6) is 0 Å². The Labute approximate surface area is 92.8 Å². The summed E-state index contributed by atoms with van der Waals surface area (Å²) in [6.07, 6.45) is -4.54. The molecule has 1 aromatic heterocycles. The van der Waals surface area contributed by atoms with Crippen molar-refractivity contribution in [3.05, 3.63) is 23.4 Å². The molecule has 2 nitrogen and oxygen atoms in total. The topological polar surface area (TPSA) is 38.9 Å². The highest BCUT2D eigenvalue weighted by atomic mass is 79.9. The first-order valence-corrected chi connectivity index (χ1v) is 4.96. The van der Waals surface area contributed by atoms with Gasteiger partial charge in [0.2, 0.25) is 0 Å². The number of alkyl halides is 4. The van der Waals surface area contributed by atoms with E-state index in [0.717, 1.165) is 0 Å². The zero-order valence-corrected chi connectivity index (χ0v) is 8.98. The van der Waals surface area contributed by atoms with Crippen LogP contribution in [0.4, 0.5) is 19.0 Å². The Morgan fingerprint density at radius 3 is 2.60 bits per heavy atom. The number of hydrogen-bond donors (Lipinski definition) is 1. The van der Waals surface area contributed by atoms with E-state index in [4.69, 9.17) is 5.73 Å². The van der Waals surface area contributed by atoms with E-state index in [2.05, 4.69) is 32.8 Å². The molecule has 0 spiro atoms. The summed E-state index contributed by atoms with van der Waals surface area (Å²) in [5.41, 5.74) is 3.97. The van der Waals surface area contributed by atoms with Crippen LogP contribution in [0.15, 0.2) is 12.1 Å². The maximum absolute atomic E-state index is 12.5. The van der Waals surface area contributed by atoms with Crippen LogP contribution >= 0.6 is 15.9 Å². The number of nitrogens with zero attached hydrogens (tertiary/aromatic N) is 1. The molecule has 0 fully saturated rings. The summed E-state index contributed by atoms with van der Waals surface area (Å²) in [5.74, 6) is 4.67. The molecule has 0 saturated heterocycles. The number of aromatic nitrogens is 1. The van der Waals surface area contributed by atoms with E-state index in [1.54, 1.807) is 0 Å². The van der Waals surface area contributed by atoms with Gasteiger partial charge in [0.15, 0.2) is 5.69 Å². The third kappa shape index (κ3) is 3.13. The van der Waals surface area contributed by atoms with Gasteiger partial charge in [0.25, 0.3) is 0 Å². The second-order valence-corrected chi connectivity index (χ2v) is 3.13. The van der Waals surface area contributed by atoms with E-state index in [1.807, 2.05) is 0 Å². The molecule has 0 aliphatic carbocycles. The lowest BCUT2D eigenvalue weighted by atomic mass is 10.2. The van der Waals surface area contributed by atoms with Gasteiger partial charge in [-0.2, -0.15) is 13.2 Å². The van der Waals surface area contributed by atoms with Crippen molar-refractivity contribution in [1.29, 1.82) is 0 Å². The number of rotatable bonds is 0. The van der Waals surface area contributed by atoms with Crippen LogP contribution in [0, 0.1) is 11.8 Å². The smallest absolute Gasteiger partial charge is 0.384 e. The average Bonchev–Trinajstić information content (AvgIpc) is 2.14. The molecule has 15 heavy (non-hydrogen) atoms. The molecule has 0 aliphatic rings. The molecule has 1 aromatic rings. The first-order valence-electron chi connectivity index (χ1n) is 3.83. The summed E-state index contributed by atoms with van der Waals surface area (Å²) in [6.45, 7) is 0. The van der Waals surface area contributed by atoms with Crippen molar-refractivity contribution >= 4 is 21.7 Å². The van der Waals surface area contributed by atoms with Crippen molar-refractivity contribution < 1.29 is 13.2 Å². The summed E-state index contributed by atoms with van der Waals surface area (Å²) >= 11 is 3.00. The molecule has 0 aliphatic heterocycles. The molecule has 0 bridgehead atoms. The van der Waals surface area contributed by atoms with Gasteiger partial charge in [-0.1, -0.05) is 27.8 Å². The lowest BCUT2D eigenvalue weighted by Gasteiger charge is -2.08. The molecule has 0 amide bonds. The second-order valence-electron chi connectivity index (χ2n) is 2.57. The molecule has 1 heterocycles. The van der Waals surface area contributed by atoms with Crippen LogP contribution in [-0.2, 0) is 6.18 Å². The molecular weight excluding hydrogens is 273 g/mol. The molecule has 0 radical (unpaired) electrons. The van der Waals surface area contributed by atoms with Crippen LogP contribution in [-0.4, -0.2) is 10.3 Å². The highest BCUT2D eigenvalue weighted by Gasteiger charge is 2.35. The average molecular weight is 279 g/mol. The lowest BCUT2D eigenvalue weighted by Crippen LogP contribution is -2.12. The molecule has 1 rings (SSSR count). The molecule has 0 unspecified atom stereocenters. The minimum atomic E-state index is -4.54. The lowest BCUT2D eigenvalue weighted by molar-refractivity contribution is -0.141. The highest BCUT2D eigenvalue weighted by molar-refractivity contribution is 9.09. The molecule has 0 saturated carbocycles. The Bertz CT molecular complexity index is 418. The van der Waals surface area contributed by atoms with E-state index >= 15 is 0 Å². The van der Waals surface area contributed by atoms with Crippen LogP contribution in [0.1, 0.15) is 11.3 Å². The molecule has 80 valence electrons. The van der Waals surface area contributed by atoms with E-state index in [9.17, 15) is 13.2 Å². The third-order valence-corrected chi connectivity index (χ3v) is 1.76. The van der Waals surface area contributed by atoms with E-state index < -0.39 is 11.9 Å². The molecule has 2 N–H and O–H groups in total. The SMILES string of the molecule is Nc1ccc(C#CCBr)c(C(F)(F)F)n1. The Morgan fingerprint density at radius 2 is 2.07 bits per heavy atom. The molecule has 0 atom stereocenters. The van der Waals surface area contributed by atoms with E-state index in [0.29, 0.717) is 5.33 Å². The van der Waals surface area contributed by atoms with Gasteiger partial charge >= 0.3 is 6.18 Å². The Hall–Kier alpha value is -1.22. The van der Waals surface area contributed by atoms with Crippen molar-refractivity contribution in [2.45, 2.75) is 6.18 Å². The van der Waals surface area contributed by atoms with Crippen molar-refractivity contribution in [1.82, 2.24) is 4.98 Å². The summed E-state index contributed by atoms with van der Waals surface area (Å²) in [7, 11) is 0. The molecule has 6 heteroatoms. The second kappa shape index (κ2) is 4.53. The fourth-order valence-electron chi connectivity index (χ4n) is 0.920. The molecule has 0 aromatic carbocycles. The van der Waals surface area contributed by atoms with Crippen molar-refractivity contribution in [3.63, 3.8) is 0 Å². The van der Waals surface area contributed by atoms with Crippen LogP contribution in [0.3, 0.4) is 0 Å². The summed E-state index contributed by atoms with van der Waals surface area (Å²) in [6, 6.07) is 2.49. The first kappa shape index (κ1) is 11.9. The van der Waals surface area contributed by atoms with Gasteiger partial charge in [-0.25, -0.2) is 4.98 Å². The standard InChI is InChI=1S/C9H6BrF3N2/c10-5-1-2-6-3-4-7(14)15-8(6)9(11,12)13/h3-4H,5H2,(H2,14,15). The Kier molecular flexibility index (Phi) is 3.58. The highest BCUT2D eigenvalue weighted by Crippen LogP contribution is 2.30. The van der Waals surface area contributed by atoms with Gasteiger partial charge in [-0.15, -0.1) is 0 Å². The van der Waals surface area contributed by atoms with Crippen LogP contribution in [0.25, 0.3) is 0 Å². The zero-order chi connectivity index (χ0) is 11.5. The Balaban J connectivity index is 3.27. The fraction of sp³-hybridized carbons (Fsp3) is 0.222. The quantitative estimate of drug-likeness (QED) is 0.585. The predicted molar refractivity (Wildman–Crippen MR) is 54.3 cm³/mol. The largest absolute Gasteiger partial charge is 0.434 e. The fourth-order valence-corrected chi connectivity index (χ4v) is 1.06. The van der Waals surface area contributed by atoms with Gasteiger partial charge in [0.1, 0.15) is 5.82 Å². The minimum absolute atomic E-state index is 0.170. The summed E-state index contributed by atoms with van der Waals surface area (Å²) < 4.78 is 37.4. The molecular formula is C9H6BrF3N2. The number of halogens is 4. The van der Waals surface area contributed by atoms with E-state index in [1.165, 1.54) is 12.1 Å². The van der Waals surface area contributed by atoms with Gasteiger partial charge in [-0.05, 0) is 12.1 Å². The van der Waals surface area contributed by atoms with Crippen LogP contribution in [0.2, 0.25) is 0 Å².